The van der Waals surface area contributed by atoms with Crippen molar-refractivity contribution in [1.82, 2.24) is 9.88 Å². The number of nitrogens with one attached hydrogen (secondary N) is 1. The Kier molecular flexibility index (Phi) is 6.96. The summed E-state index contributed by atoms with van der Waals surface area (Å²) in [4.78, 5) is 34.4. The largest absolute Gasteiger partial charge is 0.483 e. The third-order valence-corrected chi connectivity index (χ3v) is 3.57. The van der Waals surface area contributed by atoms with E-state index in [0.29, 0.717) is 18.8 Å². The number of nitrogens with zero attached hydrogens (tertiary/aromatic N) is 1. The fraction of sp³-hybridized carbons (Fsp3) is 0.316. The SMILES string of the molecule is CC(=O)NCCn1cc(OCc2ccccc2)c(=O)cc1COC(C)=O. The van der Waals surface area contributed by atoms with Crippen molar-refractivity contribution in [1.29, 1.82) is 0 Å². The number of amides is 1. The van der Waals surface area contributed by atoms with E-state index in [9.17, 15) is 14.4 Å². The van der Waals surface area contributed by atoms with Crippen molar-refractivity contribution >= 4 is 11.9 Å². The number of carbonyl (C=O) groups excluding carboxylic acids is 2. The van der Waals surface area contributed by atoms with Gasteiger partial charge in [0.25, 0.3) is 0 Å². The van der Waals surface area contributed by atoms with E-state index in [2.05, 4.69) is 5.32 Å². The van der Waals surface area contributed by atoms with Gasteiger partial charge in [0.15, 0.2) is 5.75 Å². The van der Waals surface area contributed by atoms with Gasteiger partial charge in [-0.2, -0.15) is 0 Å². The molecular weight excluding hydrogens is 336 g/mol. The lowest BCUT2D eigenvalue weighted by atomic mass is 10.2. The number of esters is 1. The number of benzene rings is 1. The van der Waals surface area contributed by atoms with Crippen LogP contribution in [0.15, 0.2) is 47.4 Å². The van der Waals surface area contributed by atoms with Crippen LogP contribution in [-0.4, -0.2) is 23.0 Å². The summed E-state index contributed by atoms with van der Waals surface area (Å²) in [7, 11) is 0. The normalized spacial score (nSPS) is 10.2. The van der Waals surface area contributed by atoms with Crippen molar-refractivity contribution in [2.45, 2.75) is 33.6 Å². The molecule has 1 heterocycles. The van der Waals surface area contributed by atoms with Crippen molar-refractivity contribution in [3.63, 3.8) is 0 Å². The van der Waals surface area contributed by atoms with Gasteiger partial charge < -0.3 is 19.4 Å². The highest BCUT2D eigenvalue weighted by atomic mass is 16.5. The summed E-state index contributed by atoms with van der Waals surface area (Å²) >= 11 is 0. The van der Waals surface area contributed by atoms with E-state index in [1.54, 1.807) is 10.8 Å². The van der Waals surface area contributed by atoms with E-state index in [1.807, 2.05) is 30.3 Å². The van der Waals surface area contributed by atoms with Gasteiger partial charge in [-0.15, -0.1) is 0 Å². The molecule has 26 heavy (non-hydrogen) atoms. The van der Waals surface area contributed by atoms with Gasteiger partial charge in [-0.3, -0.25) is 14.4 Å². The molecule has 0 aliphatic rings. The summed E-state index contributed by atoms with van der Waals surface area (Å²) in [5.41, 5.74) is 1.18. The zero-order chi connectivity index (χ0) is 18.9. The molecule has 1 aromatic heterocycles. The molecule has 7 heteroatoms. The number of hydrogen-bond donors (Lipinski definition) is 1. The van der Waals surface area contributed by atoms with Gasteiger partial charge in [-0.25, -0.2) is 0 Å². The molecule has 0 aliphatic carbocycles. The van der Waals surface area contributed by atoms with Crippen LogP contribution in [0.2, 0.25) is 0 Å². The van der Waals surface area contributed by atoms with E-state index < -0.39 is 5.97 Å². The van der Waals surface area contributed by atoms with Gasteiger partial charge in [-0.05, 0) is 5.56 Å². The Morgan fingerprint density at radius 3 is 2.50 bits per heavy atom. The Hall–Kier alpha value is -3.09. The average molecular weight is 358 g/mol. The summed E-state index contributed by atoms with van der Waals surface area (Å²) in [5.74, 6) is -0.383. The van der Waals surface area contributed by atoms with Crippen LogP contribution in [0.3, 0.4) is 0 Å². The minimum absolute atomic E-state index is 0.0242. The van der Waals surface area contributed by atoms with Crippen molar-refractivity contribution in [2.75, 3.05) is 6.54 Å². The number of hydrogen-bond acceptors (Lipinski definition) is 5. The molecule has 0 spiro atoms. The minimum Gasteiger partial charge on any atom is -0.483 e. The lowest BCUT2D eigenvalue weighted by Gasteiger charge is -2.16. The van der Waals surface area contributed by atoms with Crippen molar-refractivity contribution in [3.8, 4) is 5.75 Å². The van der Waals surface area contributed by atoms with Crippen molar-refractivity contribution in [2.24, 2.45) is 0 Å². The molecule has 0 fully saturated rings. The highest BCUT2D eigenvalue weighted by molar-refractivity contribution is 5.72. The molecule has 1 N–H and O–H groups in total. The zero-order valence-electron chi connectivity index (χ0n) is 14.9. The molecule has 138 valence electrons. The molecular formula is C19H22N2O5. The van der Waals surface area contributed by atoms with Gasteiger partial charge >= 0.3 is 5.97 Å². The van der Waals surface area contributed by atoms with E-state index in [1.165, 1.54) is 19.9 Å². The number of ether oxygens (including phenoxy) is 2. The van der Waals surface area contributed by atoms with Crippen LogP contribution in [0, 0.1) is 0 Å². The highest BCUT2D eigenvalue weighted by Crippen LogP contribution is 2.11. The van der Waals surface area contributed by atoms with Crippen LogP contribution in [0.4, 0.5) is 0 Å². The van der Waals surface area contributed by atoms with Crippen molar-refractivity contribution < 1.29 is 19.1 Å². The topological polar surface area (TPSA) is 86.6 Å². The van der Waals surface area contributed by atoms with E-state index >= 15 is 0 Å². The third kappa shape index (κ3) is 6.08. The Morgan fingerprint density at radius 2 is 1.85 bits per heavy atom. The molecule has 0 atom stereocenters. The van der Waals surface area contributed by atoms with Gasteiger partial charge in [0.2, 0.25) is 11.3 Å². The minimum atomic E-state index is -0.435. The molecule has 7 nitrogen and oxygen atoms in total. The quantitative estimate of drug-likeness (QED) is 0.725. The maximum Gasteiger partial charge on any atom is 0.303 e. The second kappa shape index (κ2) is 9.41. The lowest BCUT2D eigenvalue weighted by Crippen LogP contribution is -2.26. The predicted octanol–water partition coefficient (Wildman–Crippen LogP) is 1.63. The number of aromatic nitrogens is 1. The molecule has 0 saturated carbocycles. The molecule has 0 saturated heterocycles. The third-order valence-electron chi connectivity index (χ3n) is 3.57. The first-order valence-corrected chi connectivity index (χ1v) is 8.23. The standard InChI is InChI=1S/C19H22N2O5/c1-14(22)20-8-9-21-11-19(26-12-16-6-4-3-5-7-16)18(24)10-17(21)13-25-15(2)23/h3-7,10-11H,8-9,12-13H2,1-2H3,(H,20,22). The summed E-state index contributed by atoms with van der Waals surface area (Å²) < 4.78 is 12.4. The molecule has 0 radical (unpaired) electrons. The smallest absolute Gasteiger partial charge is 0.303 e. The second-order valence-corrected chi connectivity index (χ2v) is 5.72. The Balaban J connectivity index is 2.17. The summed E-state index contributed by atoms with van der Waals surface area (Å²) in [5, 5.41) is 2.69. The van der Waals surface area contributed by atoms with E-state index in [0.717, 1.165) is 5.56 Å². The number of rotatable bonds is 8. The fourth-order valence-corrected chi connectivity index (χ4v) is 2.30. The van der Waals surface area contributed by atoms with Crippen LogP contribution >= 0.6 is 0 Å². The zero-order valence-corrected chi connectivity index (χ0v) is 14.9. The second-order valence-electron chi connectivity index (χ2n) is 5.72. The van der Waals surface area contributed by atoms with E-state index in [-0.39, 0.29) is 30.3 Å². The van der Waals surface area contributed by atoms with Crippen LogP contribution < -0.4 is 15.5 Å². The van der Waals surface area contributed by atoms with Gasteiger partial charge in [0.1, 0.15) is 13.2 Å². The number of pyridine rings is 1. The molecule has 2 aromatic rings. The van der Waals surface area contributed by atoms with Gasteiger partial charge in [-0.1, -0.05) is 30.3 Å². The summed E-state index contributed by atoms with van der Waals surface area (Å²) in [6.07, 6.45) is 1.58. The predicted molar refractivity (Wildman–Crippen MR) is 95.6 cm³/mol. The first-order chi connectivity index (χ1) is 12.5. The van der Waals surface area contributed by atoms with Crippen LogP contribution in [-0.2, 0) is 34.1 Å². The van der Waals surface area contributed by atoms with Crippen LogP contribution in [0.1, 0.15) is 25.1 Å². The summed E-state index contributed by atoms with van der Waals surface area (Å²) in [6.45, 7) is 3.77. The maximum atomic E-state index is 12.3. The molecule has 0 aliphatic heterocycles. The lowest BCUT2D eigenvalue weighted by molar-refractivity contribution is -0.142. The van der Waals surface area contributed by atoms with E-state index in [4.69, 9.17) is 9.47 Å². The molecule has 2 rings (SSSR count). The highest BCUT2D eigenvalue weighted by Gasteiger charge is 2.10. The molecule has 1 aromatic carbocycles. The first-order valence-electron chi connectivity index (χ1n) is 8.23. The molecule has 1 amide bonds. The Morgan fingerprint density at radius 1 is 1.12 bits per heavy atom. The average Bonchev–Trinajstić information content (AvgIpc) is 2.60. The van der Waals surface area contributed by atoms with Crippen LogP contribution in [0.5, 0.6) is 5.75 Å². The first kappa shape index (κ1) is 19.2. The number of carbonyl (C=O) groups is 2. The van der Waals surface area contributed by atoms with Gasteiger partial charge in [0.05, 0.1) is 11.9 Å². The monoisotopic (exact) mass is 358 g/mol. The fourth-order valence-electron chi connectivity index (χ4n) is 2.30. The Labute approximate surface area is 151 Å². The van der Waals surface area contributed by atoms with Gasteiger partial charge in [0, 0.05) is 33.0 Å². The molecule has 0 bridgehead atoms. The maximum absolute atomic E-state index is 12.3. The Bertz CT molecular complexity index is 814. The van der Waals surface area contributed by atoms with Crippen LogP contribution in [0.25, 0.3) is 0 Å². The molecule has 0 unspecified atom stereocenters. The van der Waals surface area contributed by atoms with Crippen molar-refractivity contribution in [3.05, 3.63) is 64.1 Å². The summed E-state index contributed by atoms with van der Waals surface area (Å²) in [6, 6.07) is 10.9.